The summed E-state index contributed by atoms with van der Waals surface area (Å²) in [6, 6.07) is 0. The van der Waals surface area contributed by atoms with Crippen molar-refractivity contribution >= 4 is 19.8 Å². The third kappa shape index (κ3) is 39.1. The monoisotopic (exact) mass is 831 g/mol. The number of allylic oxidation sites excluding steroid dienone is 5. The fourth-order valence-electron chi connectivity index (χ4n) is 5.72. The Labute approximate surface area is 344 Å². The van der Waals surface area contributed by atoms with Crippen LogP contribution in [0.3, 0.4) is 0 Å². The molecule has 332 valence electrons. The van der Waals surface area contributed by atoms with Crippen molar-refractivity contribution in [3.05, 3.63) is 48.6 Å². The molecule has 0 aromatic heterocycles. The Morgan fingerprint density at radius 3 is 1.68 bits per heavy atom. The summed E-state index contributed by atoms with van der Waals surface area (Å²) < 4.78 is 32.5. The zero-order valence-corrected chi connectivity index (χ0v) is 36.2. The van der Waals surface area contributed by atoms with Crippen LogP contribution < -0.4 is 0 Å². The average molecular weight is 831 g/mol. The predicted octanol–water partition coefficient (Wildman–Crippen LogP) is 9.28. The molecular formula is C44H79O12P. The van der Waals surface area contributed by atoms with Crippen molar-refractivity contribution in [1.82, 2.24) is 0 Å². The number of carbonyl (C=O) groups is 2. The zero-order valence-electron chi connectivity index (χ0n) is 35.3. The highest BCUT2D eigenvalue weighted by Gasteiger charge is 2.27. The number of ether oxygens (including phenoxy) is 2. The van der Waals surface area contributed by atoms with E-state index >= 15 is 0 Å². The molecular weight excluding hydrogens is 751 g/mol. The van der Waals surface area contributed by atoms with Gasteiger partial charge in [0, 0.05) is 12.8 Å². The van der Waals surface area contributed by atoms with Crippen molar-refractivity contribution in [3.8, 4) is 0 Å². The van der Waals surface area contributed by atoms with Gasteiger partial charge in [0.2, 0.25) is 0 Å². The van der Waals surface area contributed by atoms with Gasteiger partial charge in [-0.3, -0.25) is 18.6 Å². The molecule has 0 saturated heterocycles. The lowest BCUT2D eigenvalue weighted by molar-refractivity contribution is -0.161. The van der Waals surface area contributed by atoms with Gasteiger partial charge >= 0.3 is 19.8 Å². The molecule has 57 heavy (non-hydrogen) atoms. The maximum absolute atomic E-state index is 12.6. The molecule has 0 heterocycles. The lowest BCUT2D eigenvalue weighted by atomic mass is 10.0. The SMILES string of the molecule is CCCCC/C=C/CC(O)/C=C/C=C/C=C/C(O)CCCC(=O)OC(COC(=O)CCCCCCCCCCCCCCCCC)COP(=O)(O)OCC(O)CO. The zero-order chi connectivity index (χ0) is 42.2. The van der Waals surface area contributed by atoms with Crippen LogP contribution >= 0.6 is 7.82 Å². The third-order valence-corrected chi connectivity index (χ3v) is 10.1. The Balaban J connectivity index is 4.56. The first-order valence-electron chi connectivity index (χ1n) is 21.8. The minimum atomic E-state index is -4.69. The molecule has 0 aliphatic heterocycles. The standard InChI is InChI=1S/C44H79O12P/c1-3-5-7-9-11-12-13-14-15-16-17-18-19-21-27-33-43(49)53-37-42(38-55-57(51,52)54-36-41(48)35-45)56-44(50)34-28-32-40(47)31-26-23-22-25-30-39(46)29-24-20-10-8-6-4-2/h20,22-26,30-31,39-42,45-48H,3-19,21,27-29,32-38H2,1-2H3,(H,51,52)/b23-22+,24-20+,30-25+,31-26+. The highest BCUT2D eigenvalue weighted by molar-refractivity contribution is 7.47. The number of phosphoric acid groups is 1. The van der Waals surface area contributed by atoms with Gasteiger partial charge in [-0.25, -0.2) is 4.57 Å². The summed E-state index contributed by atoms with van der Waals surface area (Å²) in [4.78, 5) is 35.0. The van der Waals surface area contributed by atoms with Crippen LogP contribution in [0.4, 0.5) is 0 Å². The number of aliphatic hydroxyl groups excluding tert-OH is 4. The fraction of sp³-hybridized carbons (Fsp3) is 0.773. The molecule has 0 aromatic carbocycles. The van der Waals surface area contributed by atoms with E-state index in [2.05, 4.69) is 24.4 Å². The molecule has 0 radical (unpaired) electrons. The van der Waals surface area contributed by atoms with Crippen molar-refractivity contribution < 1.29 is 58.0 Å². The van der Waals surface area contributed by atoms with Crippen LogP contribution in [-0.2, 0) is 32.7 Å². The normalized spacial score (nSPS) is 15.4. The second kappa shape index (κ2) is 39.3. The predicted molar refractivity (Wildman–Crippen MR) is 226 cm³/mol. The first kappa shape index (κ1) is 54.9. The second-order valence-electron chi connectivity index (χ2n) is 14.8. The summed E-state index contributed by atoms with van der Waals surface area (Å²) in [6.07, 6.45) is 34.2. The number of unbranched alkanes of at least 4 members (excludes halogenated alkanes) is 17. The maximum atomic E-state index is 12.6. The molecule has 0 fully saturated rings. The second-order valence-corrected chi connectivity index (χ2v) is 16.2. The van der Waals surface area contributed by atoms with Crippen molar-refractivity contribution in [1.29, 1.82) is 0 Å². The number of esters is 2. The molecule has 12 nitrogen and oxygen atoms in total. The smallest absolute Gasteiger partial charge is 0.462 e. The summed E-state index contributed by atoms with van der Waals surface area (Å²) in [6.45, 7) is 2.04. The van der Waals surface area contributed by atoms with Gasteiger partial charge in [-0.15, -0.1) is 0 Å². The molecule has 5 unspecified atom stereocenters. The van der Waals surface area contributed by atoms with Gasteiger partial charge in [0.15, 0.2) is 6.10 Å². The minimum Gasteiger partial charge on any atom is -0.462 e. The van der Waals surface area contributed by atoms with Crippen LogP contribution in [-0.4, -0.2) is 88.1 Å². The van der Waals surface area contributed by atoms with Gasteiger partial charge in [-0.05, 0) is 38.5 Å². The number of hydrogen-bond donors (Lipinski definition) is 5. The Kier molecular flexibility index (Phi) is 37.8. The molecule has 0 amide bonds. The summed E-state index contributed by atoms with van der Waals surface area (Å²) in [5.74, 6) is -1.16. The third-order valence-electron chi connectivity index (χ3n) is 9.18. The summed E-state index contributed by atoms with van der Waals surface area (Å²) in [5, 5.41) is 38.6. The van der Waals surface area contributed by atoms with Crippen molar-refractivity contribution in [3.63, 3.8) is 0 Å². The van der Waals surface area contributed by atoms with E-state index in [9.17, 15) is 34.4 Å². The largest absolute Gasteiger partial charge is 0.472 e. The van der Waals surface area contributed by atoms with Gasteiger partial charge in [0.1, 0.15) is 12.7 Å². The number of hydrogen-bond acceptors (Lipinski definition) is 11. The minimum absolute atomic E-state index is 0.0754. The first-order chi connectivity index (χ1) is 27.5. The lowest BCUT2D eigenvalue weighted by Gasteiger charge is -2.20. The number of aliphatic hydroxyl groups is 4. The van der Waals surface area contributed by atoms with Crippen LogP contribution in [0, 0.1) is 0 Å². The molecule has 0 rings (SSSR count). The van der Waals surface area contributed by atoms with E-state index < -0.39 is 70.6 Å². The summed E-state index contributed by atoms with van der Waals surface area (Å²) >= 11 is 0. The maximum Gasteiger partial charge on any atom is 0.472 e. The first-order valence-corrected chi connectivity index (χ1v) is 23.3. The topological polar surface area (TPSA) is 189 Å². The highest BCUT2D eigenvalue weighted by atomic mass is 31.2. The van der Waals surface area contributed by atoms with Crippen LogP contribution in [0.15, 0.2) is 48.6 Å². The Morgan fingerprint density at radius 2 is 1.11 bits per heavy atom. The molecule has 0 aliphatic rings. The molecule has 5 N–H and O–H groups in total. The van der Waals surface area contributed by atoms with Gasteiger partial charge in [0.05, 0.1) is 32.0 Å². The Morgan fingerprint density at radius 1 is 0.596 bits per heavy atom. The molecule has 0 saturated carbocycles. The lowest BCUT2D eigenvalue weighted by Crippen LogP contribution is -2.30. The molecule has 0 aliphatic carbocycles. The Hall–Kier alpha value is -2.15. The quantitative estimate of drug-likeness (QED) is 0.0130. The number of carbonyl (C=O) groups excluding carboxylic acids is 2. The fourth-order valence-corrected chi connectivity index (χ4v) is 6.51. The van der Waals surface area contributed by atoms with Gasteiger partial charge in [-0.1, -0.05) is 165 Å². The van der Waals surface area contributed by atoms with E-state index in [1.54, 1.807) is 36.5 Å². The number of rotatable bonds is 40. The summed E-state index contributed by atoms with van der Waals surface area (Å²) in [7, 11) is -4.69. The average Bonchev–Trinajstić information content (AvgIpc) is 3.19. The van der Waals surface area contributed by atoms with E-state index in [-0.39, 0.29) is 25.7 Å². The van der Waals surface area contributed by atoms with E-state index in [4.69, 9.17) is 19.1 Å². The van der Waals surface area contributed by atoms with E-state index in [0.29, 0.717) is 12.8 Å². The van der Waals surface area contributed by atoms with Crippen LogP contribution in [0.5, 0.6) is 0 Å². The molecule has 13 heteroatoms. The van der Waals surface area contributed by atoms with E-state index in [1.807, 2.05) is 6.08 Å². The van der Waals surface area contributed by atoms with Crippen molar-refractivity contribution in [2.45, 2.75) is 192 Å². The van der Waals surface area contributed by atoms with Crippen molar-refractivity contribution in [2.75, 3.05) is 26.4 Å². The van der Waals surface area contributed by atoms with Crippen LogP contribution in [0.1, 0.15) is 168 Å². The molecule has 0 aromatic rings. The highest BCUT2D eigenvalue weighted by Crippen LogP contribution is 2.43. The molecule has 0 bridgehead atoms. The van der Waals surface area contributed by atoms with Crippen LogP contribution in [0.2, 0.25) is 0 Å². The molecule has 5 atom stereocenters. The van der Waals surface area contributed by atoms with Gasteiger partial charge in [-0.2, -0.15) is 0 Å². The van der Waals surface area contributed by atoms with Crippen molar-refractivity contribution in [2.24, 2.45) is 0 Å². The van der Waals surface area contributed by atoms with E-state index in [1.165, 1.54) is 83.5 Å². The van der Waals surface area contributed by atoms with Crippen LogP contribution in [0.25, 0.3) is 0 Å². The summed E-state index contributed by atoms with van der Waals surface area (Å²) in [5.41, 5.74) is 0. The van der Waals surface area contributed by atoms with E-state index in [0.717, 1.165) is 32.1 Å². The van der Waals surface area contributed by atoms with Gasteiger partial charge in [0.25, 0.3) is 0 Å². The van der Waals surface area contributed by atoms with Gasteiger partial charge < -0.3 is 34.8 Å². The molecule has 0 spiro atoms. The Bertz CT molecular complexity index is 1120. The number of phosphoric ester groups is 1.